The summed E-state index contributed by atoms with van der Waals surface area (Å²) in [5, 5.41) is 9.30. The summed E-state index contributed by atoms with van der Waals surface area (Å²) < 4.78 is 0. The molecule has 28 heavy (non-hydrogen) atoms. The van der Waals surface area contributed by atoms with E-state index in [4.69, 9.17) is 0 Å². The van der Waals surface area contributed by atoms with Crippen molar-refractivity contribution in [3.8, 4) is 11.4 Å². The molecule has 4 rings (SSSR count). The van der Waals surface area contributed by atoms with Crippen LogP contribution in [0, 0.1) is 0 Å². The van der Waals surface area contributed by atoms with Crippen molar-refractivity contribution in [2.75, 3.05) is 0 Å². The Kier molecular flexibility index (Phi) is 5.64. The van der Waals surface area contributed by atoms with Crippen LogP contribution in [0.15, 0.2) is 91.3 Å². The fourth-order valence-corrected chi connectivity index (χ4v) is 3.63. The van der Waals surface area contributed by atoms with Crippen molar-refractivity contribution in [3.63, 3.8) is 0 Å². The van der Waals surface area contributed by atoms with Gasteiger partial charge < -0.3 is 10.1 Å². The molecule has 0 spiro atoms. The second-order valence-corrected chi connectivity index (χ2v) is 7.13. The lowest BCUT2D eigenvalue weighted by molar-refractivity contribution is 0.282. The summed E-state index contributed by atoms with van der Waals surface area (Å²) in [4.78, 5) is 7.59. The van der Waals surface area contributed by atoms with Gasteiger partial charge in [0.2, 0.25) is 0 Å². The van der Waals surface area contributed by atoms with E-state index in [1.807, 2.05) is 18.3 Å². The highest BCUT2D eigenvalue weighted by atomic mass is 16.3. The van der Waals surface area contributed by atoms with E-state index in [0.717, 1.165) is 29.8 Å². The van der Waals surface area contributed by atoms with E-state index in [1.165, 1.54) is 16.7 Å². The van der Waals surface area contributed by atoms with E-state index in [-0.39, 0.29) is 6.61 Å². The molecule has 4 aromatic rings. The van der Waals surface area contributed by atoms with Crippen LogP contribution < -0.4 is 0 Å². The molecule has 2 N–H and O–H groups in total. The van der Waals surface area contributed by atoms with E-state index in [0.29, 0.717) is 5.92 Å². The second kappa shape index (κ2) is 8.68. The molecule has 0 aliphatic heterocycles. The van der Waals surface area contributed by atoms with E-state index < -0.39 is 0 Å². The van der Waals surface area contributed by atoms with Gasteiger partial charge in [0.05, 0.1) is 6.61 Å². The molecule has 0 saturated carbocycles. The first kappa shape index (κ1) is 18.2. The van der Waals surface area contributed by atoms with Crippen molar-refractivity contribution in [1.29, 1.82) is 0 Å². The Hall–Kier alpha value is -3.17. The largest absolute Gasteiger partial charge is 0.392 e. The molecule has 3 nitrogen and oxygen atoms in total. The maximum Gasteiger partial charge on any atom is 0.137 e. The van der Waals surface area contributed by atoms with Crippen LogP contribution in [0.2, 0.25) is 0 Å². The molecule has 0 aliphatic rings. The van der Waals surface area contributed by atoms with Gasteiger partial charge in [-0.05, 0) is 47.1 Å². The van der Waals surface area contributed by atoms with Gasteiger partial charge in [-0.1, -0.05) is 72.8 Å². The number of H-pyrrole nitrogens is 1. The van der Waals surface area contributed by atoms with Crippen LogP contribution in [0.4, 0.5) is 0 Å². The number of aliphatic hydroxyl groups excluding tert-OH is 1. The molecule has 0 bridgehead atoms. The minimum absolute atomic E-state index is 0.0823. The van der Waals surface area contributed by atoms with Crippen molar-refractivity contribution in [2.45, 2.75) is 25.4 Å². The maximum atomic E-state index is 9.30. The predicted molar refractivity (Wildman–Crippen MR) is 113 cm³/mol. The predicted octanol–water partition coefficient (Wildman–Crippen LogP) is 5.14. The van der Waals surface area contributed by atoms with Crippen LogP contribution in [-0.2, 0) is 19.4 Å². The Morgan fingerprint density at radius 2 is 1.50 bits per heavy atom. The molecule has 0 aliphatic carbocycles. The first-order valence-corrected chi connectivity index (χ1v) is 9.64. The summed E-state index contributed by atoms with van der Waals surface area (Å²) in [5.41, 5.74) is 5.98. The summed E-state index contributed by atoms with van der Waals surface area (Å²) in [6.07, 6.45) is 5.56. The Labute approximate surface area is 165 Å². The number of aromatic amines is 1. The fourth-order valence-electron chi connectivity index (χ4n) is 3.63. The lowest BCUT2D eigenvalue weighted by Gasteiger charge is -2.19. The summed E-state index contributed by atoms with van der Waals surface area (Å²) >= 11 is 0. The van der Waals surface area contributed by atoms with Crippen molar-refractivity contribution < 1.29 is 5.11 Å². The molecular weight excluding hydrogens is 344 g/mol. The molecule has 3 aromatic carbocycles. The van der Waals surface area contributed by atoms with Gasteiger partial charge in [-0.3, -0.25) is 0 Å². The number of rotatable bonds is 7. The monoisotopic (exact) mass is 368 g/mol. The minimum atomic E-state index is 0.0823. The zero-order valence-corrected chi connectivity index (χ0v) is 15.8. The van der Waals surface area contributed by atoms with Gasteiger partial charge >= 0.3 is 0 Å². The topological polar surface area (TPSA) is 48.9 Å². The summed E-state index contributed by atoms with van der Waals surface area (Å²) in [6, 6.07) is 27.6. The number of nitrogens with one attached hydrogen (secondary N) is 1. The first-order chi connectivity index (χ1) is 13.8. The maximum absolute atomic E-state index is 9.30. The molecule has 0 fully saturated rings. The molecule has 0 radical (unpaired) electrons. The molecule has 3 heteroatoms. The van der Waals surface area contributed by atoms with Crippen molar-refractivity contribution >= 4 is 0 Å². The zero-order chi connectivity index (χ0) is 19.2. The third kappa shape index (κ3) is 4.38. The third-order valence-electron chi connectivity index (χ3n) is 5.14. The number of aromatic nitrogens is 2. The average molecular weight is 368 g/mol. The Morgan fingerprint density at radius 1 is 0.786 bits per heavy atom. The highest BCUT2D eigenvalue weighted by molar-refractivity contribution is 5.56. The van der Waals surface area contributed by atoms with Gasteiger partial charge in [-0.25, -0.2) is 4.98 Å². The van der Waals surface area contributed by atoms with Crippen LogP contribution in [0.5, 0.6) is 0 Å². The molecular formula is C25H24N2O. The number of hydrogen-bond donors (Lipinski definition) is 2. The number of aliphatic hydroxyl groups is 1. The Balaban J connectivity index is 1.65. The van der Waals surface area contributed by atoms with Crippen molar-refractivity contribution in [2.24, 2.45) is 0 Å². The van der Waals surface area contributed by atoms with Crippen LogP contribution in [0.25, 0.3) is 11.4 Å². The Morgan fingerprint density at radius 3 is 2.18 bits per heavy atom. The number of imidazole rings is 1. The second-order valence-electron chi connectivity index (χ2n) is 7.13. The van der Waals surface area contributed by atoms with Crippen LogP contribution in [-0.4, -0.2) is 15.1 Å². The number of benzene rings is 3. The lowest BCUT2D eigenvalue weighted by Crippen LogP contribution is -2.07. The van der Waals surface area contributed by atoms with Gasteiger partial charge in [0.15, 0.2) is 0 Å². The van der Waals surface area contributed by atoms with E-state index in [9.17, 15) is 5.11 Å². The first-order valence-electron chi connectivity index (χ1n) is 9.64. The van der Waals surface area contributed by atoms with Gasteiger partial charge in [0.25, 0.3) is 0 Å². The summed E-state index contributed by atoms with van der Waals surface area (Å²) in [6.45, 7) is 0.0823. The van der Waals surface area contributed by atoms with Crippen molar-refractivity contribution in [1.82, 2.24) is 9.97 Å². The van der Waals surface area contributed by atoms with Crippen molar-refractivity contribution in [3.05, 3.63) is 114 Å². The van der Waals surface area contributed by atoms with Gasteiger partial charge in [0, 0.05) is 18.0 Å². The number of nitrogens with zero attached hydrogens (tertiary/aromatic N) is 1. The standard InChI is InChI=1S/C25H24N2O/c28-18-21-11-9-20(10-12-21)16-24(15-19-5-2-1-3-6-19)22-7-4-8-23(17-22)25-26-13-14-27-25/h1-14,17,24,28H,15-16,18H2,(H,26,27). The number of hydrogen-bond acceptors (Lipinski definition) is 2. The molecule has 1 heterocycles. The highest BCUT2D eigenvalue weighted by Gasteiger charge is 2.15. The average Bonchev–Trinajstić information content (AvgIpc) is 3.30. The quantitative estimate of drug-likeness (QED) is 0.475. The fraction of sp³-hybridized carbons (Fsp3) is 0.160. The van der Waals surface area contributed by atoms with Crippen LogP contribution in [0.1, 0.15) is 28.2 Å². The van der Waals surface area contributed by atoms with Gasteiger partial charge in [0.1, 0.15) is 5.82 Å². The molecule has 140 valence electrons. The molecule has 0 amide bonds. The summed E-state index contributed by atoms with van der Waals surface area (Å²) in [5.74, 6) is 1.25. The third-order valence-corrected chi connectivity index (χ3v) is 5.14. The minimum Gasteiger partial charge on any atom is -0.392 e. The van der Waals surface area contributed by atoms with Crippen LogP contribution in [0.3, 0.4) is 0 Å². The van der Waals surface area contributed by atoms with Gasteiger partial charge in [-0.15, -0.1) is 0 Å². The molecule has 0 saturated heterocycles. The SMILES string of the molecule is OCc1ccc(CC(Cc2ccccc2)c2cccc(-c3ncc[nH]3)c2)cc1. The van der Waals surface area contributed by atoms with E-state index >= 15 is 0 Å². The molecule has 1 atom stereocenters. The van der Waals surface area contributed by atoms with Gasteiger partial charge in [-0.2, -0.15) is 0 Å². The molecule has 1 unspecified atom stereocenters. The van der Waals surface area contributed by atoms with E-state index in [2.05, 4.69) is 76.7 Å². The lowest BCUT2D eigenvalue weighted by atomic mass is 9.86. The van der Waals surface area contributed by atoms with E-state index in [1.54, 1.807) is 6.20 Å². The smallest absolute Gasteiger partial charge is 0.137 e. The normalized spacial score (nSPS) is 12.0. The zero-order valence-electron chi connectivity index (χ0n) is 15.8. The molecule has 1 aromatic heterocycles. The Bertz CT molecular complexity index is 992. The van der Waals surface area contributed by atoms with Crippen LogP contribution >= 0.6 is 0 Å². The summed E-state index contributed by atoms with van der Waals surface area (Å²) in [7, 11) is 0. The highest BCUT2D eigenvalue weighted by Crippen LogP contribution is 2.28.